The molecule has 6 nitrogen and oxygen atoms in total. The Balaban J connectivity index is 2.58. The molecule has 1 heterocycles. The molecule has 0 saturated carbocycles. The fraction of sp³-hybridized carbons (Fsp3) is 0.533. The van der Waals surface area contributed by atoms with Crippen molar-refractivity contribution in [1.82, 2.24) is 9.62 Å². The van der Waals surface area contributed by atoms with E-state index in [4.69, 9.17) is 4.42 Å². The highest BCUT2D eigenvalue weighted by Gasteiger charge is 2.13. The zero-order valence-corrected chi connectivity index (χ0v) is 14.3. The maximum absolute atomic E-state index is 11.7. The summed E-state index contributed by atoms with van der Waals surface area (Å²) in [5, 5.41) is 2.86. The second-order valence-corrected chi connectivity index (χ2v) is 7.44. The molecule has 0 bridgehead atoms. The van der Waals surface area contributed by atoms with Gasteiger partial charge in [-0.05, 0) is 31.6 Å². The molecule has 0 radical (unpaired) electrons. The first kappa shape index (κ1) is 18.4. The maximum Gasteiger partial charge on any atom is 0.244 e. The van der Waals surface area contributed by atoms with Crippen LogP contribution in [0, 0.1) is 0 Å². The van der Waals surface area contributed by atoms with E-state index in [2.05, 4.69) is 12.2 Å². The second-order valence-electron chi connectivity index (χ2n) is 5.35. The molecule has 1 rings (SSSR count). The Kier molecular flexibility index (Phi) is 6.83. The van der Waals surface area contributed by atoms with E-state index in [0.717, 1.165) is 19.1 Å². The van der Waals surface area contributed by atoms with Crippen LogP contribution in [0.5, 0.6) is 0 Å². The van der Waals surface area contributed by atoms with Crippen LogP contribution in [0.3, 0.4) is 0 Å². The third kappa shape index (κ3) is 6.44. The summed E-state index contributed by atoms with van der Waals surface area (Å²) in [7, 11) is -1.76. The van der Waals surface area contributed by atoms with Crippen LogP contribution in [0.25, 0.3) is 6.08 Å². The molecule has 1 atom stereocenters. The summed E-state index contributed by atoms with van der Waals surface area (Å²) in [6, 6.07) is 3.53. The predicted molar refractivity (Wildman–Crippen MR) is 86.6 cm³/mol. The van der Waals surface area contributed by atoms with Gasteiger partial charge in [-0.25, -0.2) is 8.42 Å². The lowest BCUT2D eigenvalue weighted by Gasteiger charge is -2.11. The molecule has 124 valence electrons. The number of amides is 1. The summed E-state index contributed by atoms with van der Waals surface area (Å²) in [5.41, 5.74) is 0. The number of sulfonamides is 1. The van der Waals surface area contributed by atoms with Crippen LogP contribution in [-0.4, -0.2) is 38.0 Å². The Morgan fingerprint density at radius 2 is 2.14 bits per heavy atom. The highest BCUT2D eigenvalue weighted by molar-refractivity contribution is 7.88. The van der Waals surface area contributed by atoms with Crippen LogP contribution in [0.15, 0.2) is 22.6 Å². The number of furan rings is 1. The molecule has 22 heavy (non-hydrogen) atoms. The SMILES string of the molecule is CCC[C@H](C)NC(=O)/C=C/c1ccc(CN(C)S(C)(=O)=O)o1. The lowest BCUT2D eigenvalue weighted by molar-refractivity contribution is -0.117. The third-order valence-electron chi connectivity index (χ3n) is 3.14. The summed E-state index contributed by atoms with van der Waals surface area (Å²) in [6.07, 6.45) is 6.06. The van der Waals surface area contributed by atoms with Crippen LogP contribution >= 0.6 is 0 Å². The number of carbonyl (C=O) groups excluding carboxylic acids is 1. The second kappa shape index (κ2) is 8.14. The van der Waals surface area contributed by atoms with E-state index < -0.39 is 10.0 Å². The molecule has 0 fully saturated rings. The van der Waals surface area contributed by atoms with E-state index in [1.165, 1.54) is 17.4 Å². The quantitative estimate of drug-likeness (QED) is 0.740. The van der Waals surface area contributed by atoms with E-state index in [1.807, 2.05) is 6.92 Å². The molecule has 0 aliphatic rings. The van der Waals surface area contributed by atoms with Gasteiger partial charge in [0.25, 0.3) is 0 Å². The van der Waals surface area contributed by atoms with Crippen molar-refractivity contribution in [1.29, 1.82) is 0 Å². The molecule has 1 amide bonds. The largest absolute Gasteiger partial charge is 0.460 e. The lowest BCUT2D eigenvalue weighted by atomic mass is 10.2. The van der Waals surface area contributed by atoms with Gasteiger partial charge in [-0.3, -0.25) is 4.79 Å². The topological polar surface area (TPSA) is 79.6 Å². The Bertz CT molecular complexity index is 619. The third-order valence-corrected chi connectivity index (χ3v) is 4.40. The van der Waals surface area contributed by atoms with Crippen molar-refractivity contribution in [2.75, 3.05) is 13.3 Å². The zero-order valence-electron chi connectivity index (χ0n) is 13.5. The molecule has 0 saturated heterocycles. The van der Waals surface area contributed by atoms with Crippen LogP contribution < -0.4 is 5.32 Å². The van der Waals surface area contributed by atoms with E-state index in [9.17, 15) is 13.2 Å². The molecule has 1 aromatic rings. The number of hydrogen-bond acceptors (Lipinski definition) is 4. The van der Waals surface area contributed by atoms with Gasteiger partial charge in [0.1, 0.15) is 11.5 Å². The molecular formula is C15H24N2O4S. The summed E-state index contributed by atoms with van der Waals surface area (Å²) < 4.78 is 29.3. The van der Waals surface area contributed by atoms with Gasteiger partial charge >= 0.3 is 0 Å². The van der Waals surface area contributed by atoms with Crippen LogP contribution in [0.2, 0.25) is 0 Å². The molecule has 1 N–H and O–H groups in total. The monoisotopic (exact) mass is 328 g/mol. The first-order chi connectivity index (χ1) is 10.2. The van der Waals surface area contributed by atoms with Gasteiger partial charge < -0.3 is 9.73 Å². The van der Waals surface area contributed by atoms with Gasteiger partial charge in [0.2, 0.25) is 15.9 Å². The Morgan fingerprint density at radius 3 is 2.73 bits per heavy atom. The van der Waals surface area contributed by atoms with Gasteiger partial charge in [0.05, 0.1) is 12.8 Å². The molecule has 0 aliphatic heterocycles. The first-order valence-corrected chi connectivity index (χ1v) is 9.05. The predicted octanol–water partition coefficient (Wildman–Crippen LogP) is 1.99. The molecule has 0 spiro atoms. The van der Waals surface area contributed by atoms with Gasteiger partial charge in [-0.1, -0.05) is 13.3 Å². The number of nitrogens with one attached hydrogen (secondary N) is 1. The van der Waals surface area contributed by atoms with Crippen molar-refractivity contribution < 1.29 is 17.6 Å². The summed E-state index contributed by atoms with van der Waals surface area (Å²) in [4.78, 5) is 11.7. The fourth-order valence-electron chi connectivity index (χ4n) is 1.86. The van der Waals surface area contributed by atoms with Gasteiger partial charge in [0.15, 0.2) is 0 Å². The number of hydrogen-bond donors (Lipinski definition) is 1. The van der Waals surface area contributed by atoms with Crippen LogP contribution in [0.1, 0.15) is 38.2 Å². The first-order valence-electron chi connectivity index (χ1n) is 7.21. The smallest absolute Gasteiger partial charge is 0.244 e. The van der Waals surface area contributed by atoms with Crippen LogP contribution in [-0.2, 0) is 21.4 Å². The minimum Gasteiger partial charge on any atom is -0.460 e. The highest BCUT2D eigenvalue weighted by atomic mass is 32.2. The molecule has 1 aromatic heterocycles. The fourth-order valence-corrected chi connectivity index (χ4v) is 2.22. The molecule has 0 aromatic carbocycles. The van der Waals surface area contributed by atoms with Crippen molar-refractivity contribution in [2.45, 2.75) is 39.3 Å². The Morgan fingerprint density at radius 1 is 1.45 bits per heavy atom. The minimum atomic E-state index is -3.25. The number of carbonyl (C=O) groups is 1. The molecule has 7 heteroatoms. The van der Waals surface area contributed by atoms with Crippen molar-refractivity contribution in [2.24, 2.45) is 0 Å². The van der Waals surface area contributed by atoms with Crippen molar-refractivity contribution in [3.8, 4) is 0 Å². The normalized spacial score (nSPS) is 13.7. The van der Waals surface area contributed by atoms with E-state index in [-0.39, 0.29) is 18.5 Å². The average Bonchev–Trinajstić information content (AvgIpc) is 2.83. The van der Waals surface area contributed by atoms with E-state index >= 15 is 0 Å². The van der Waals surface area contributed by atoms with Crippen molar-refractivity contribution >= 4 is 22.0 Å². The summed E-state index contributed by atoms with van der Waals surface area (Å²) in [6.45, 7) is 4.18. The maximum atomic E-state index is 11.7. The standard InChI is InChI=1S/C15H24N2O4S/c1-5-6-12(2)16-15(18)10-9-13-7-8-14(21-13)11-17(3)22(4,19)20/h7-10,12H,5-6,11H2,1-4H3,(H,16,18)/b10-9+/t12-/m0/s1. The highest BCUT2D eigenvalue weighted by Crippen LogP contribution is 2.12. The molecule has 0 aliphatic carbocycles. The summed E-state index contributed by atoms with van der Waals surface area (Å²) in [5.74, 6) is 0.856. The van der Waals surface area contributed by atoms with E-state index in [0.29, 0.717) is 11.5 Å². The minimum absolute atomic E-state index is 0.137. The number of nitrogens with zero attached hydrogens (tertiary/aromatic N) is 1. The van der Waals surface area contributed by atoms with E-state index in [1.54, 1.807) is 18.2 Å². The van der Waals surface area contributed by atoms with Crippen molar-refractivity contribution in [3.05, 3.63) is 29.7 Å². The molecule has 0 unspecified atom stereocenters. The van der Waals surface area contributed by atoms with Gasteiger partial charge in [-0.2, -0.15) is 4.31 Å². The van der Waals surface area contributed by atoms with Crippen LogP contribution in [0.4, 0.5) is 0 Å². The number of rotatable bonds is 8. The average molecular weight is 328 g/mol. The molecular weight excluding hydrogens is 304 g/mol. The van der Waals surface area contributed by atoms with Crippen molar-refractivity contribution in [3.63, 3.8) is 0 Å². The van der Waals surface area contributed by atoms with Gasteiger partial charge in [-0.15, -0.1) is 0 Å². The lowest BCUT2D eigenvalue weighted by Crippen LogP contribution is -2.30. The van der Waals surface area contributed by atoms with Gasteiger partial charge in [0, 0.05) is 19.2 Å². The Hall–Kier alpha value is -1.60. The summed E-state index contributed by atoms with van der Waals surface area (Å²) >= 11 is 0. The Labute approximate surface area is 132 Å². The zero-order chi connectivity index (χ0) is 16.8.